The van der Waals surface area contributed by atoms with Gasteiger partial charge in [0.25, 0.3) is 0 Å². The highest BCUT2D eigenvalue weighted by atomic mass is 28.4. The summed E-state index contributed by atoms with van der Waals surface area (Å²) in [6, 6.07) is 13.0. The van der Waals surface area contributed by atoms with Crippen LogP contribution in [0.3, 0.4) is 0 Å². The number of ether oxygens (including phenoxy) is 4. The van der Waals surface area contributed by atoms with E-state index in [0.717, 1.165) is 25.0 Å². The van der Waals surface area contributed by atoms with Crippen LogP contribution in [-0.4, -0.2) is 46.4 Å². The quantitative estimate of drug-likeness (QED) is 0.195. The summed E-state index contributed by atoms with van der Waals surface area (Å²) < 4.78 is 33.5. The normalized spacial score (nSPS) is 17.5. The summed E-state index contributed by atoms with van der Waals surface area (Å²) in [4.78, 5) is 0. The minimum Gasteiger partial charge on any atom is -0.493 e. The van der Waals surface area contributed by atoms with E-state index in [-0.39, 0.29) is 17.7 Å². The van der Waals surface area contributed by atoms with E-state index < -0.39 is 8.32 Å². The van der Waals surface area contributed by atoms with Crippen LogP contribution >= 0.6 is 0 Å². The summed E-state index contributed by atoms with van der Waals surface area (Å²) in [6.45, 7) is 21.3. The van der Waals surface area contributed by atoms with Crippen molar-refractivity contribution in [2.75, 3.05) is 27.9 Å². The van der Waals surface area contributed by atoms with Crippen molar-refractivity contribution in [2.24, 2.45) is 0 Å². The Labute approximate surface area is 254 Å². The molecule has 2 heterocycles. The van der Waals surface area contributed by atoms with E-state index in [1.54, 1.807) is 21.3 Å². The van der Waals surface area contributed by atoms with Gasteiger partial charge in [0.15, 0.2) is 19.8 Å². The molecule has 6 nitrogen and oxygen atoms in total. The highest BCUT2D eigenvalue weighted by Gasteiger charge is 2.45. The molecule has 2 unspecified atom stereocenters. The molecule has 2 atom stereocenters. The molecule has 3 aromatic rings. The fourth-order valence-electron chi connectivity index (χ4n) is 7.66. The van der Waals surface area contributed by atoms with Crippen LogP contribution in [0, 0.1) is 0 Å². The van der Waals surface area contributed by atoms with Crippen molar-refractivity contribution in [1.82, 2.24) is 4.57 Å². The third-order valence-corrected chi connectivity index (χ3v) is 15.2. The molecule has 0 N–H and O–H groups in total. The number of fused-ring (bicyclic) bond motifs is 3. The van der Waals surface area contributed by atoms with E-state index in [1.165, 1.54) is 22.2 Å². The minimum atomic E-state index is -1.98. The Morgan fingerprint density at radius 2 is 1.43 bits per heavy atom. The monoisotopic (exact) mass is 595 g/mol. The first-order valence-corrected chi connectivity index (χ1v) is 17.7. The van der Waals surface area contributed by atoms with E-state index >= 15 is 0 Å². The predicted octanol–water partition coefficient (Wildman–Crippen LogP) is 9.25. The van der Waals surface area contributed by atoms with Gasteiger partial charge in [-0.05, 0) is 73.1 Å². The molecule has 0 radical (unpaired) electrons. The molecule has 0 fully saturated rings. The van der Waals surface area contributed by atoms with Gasteiger partial charge in [-0.1, -0.05) is 59.7 Å². The molecule has 0 aliphatic carbocycles. The molecular formula is C35H53NO5Si. The van der Waals surface area contributed by atoms with Crippen LogP contribution in [0.15, 0.2) is 36.4 Å². The lowest BCUT2D eigenvalue weighted by Gasteiger charge is -2.42. The number of hydrogen-bond acceptors (Lipinski definition) is 5. The van der Waals surface area contributed by atoms with Gasteiger partial charge in [0, 0.05) is 23.9 Å². The molecule has 4 rings (SSSR count). The highest BCUT2D eigenvalue weighted by molar-refractivity contribution is 6.77. The molecule has 42 heavy (non-hydrogen) atoms. The number of rotatable bonds is 12. The van der Waals surface area contributed by atoms with Crippen LogP contribution in [0.4, 0.5) is 0 Å². The van der Waals surface area contributed by atoms with Crippen molar-refractivity contribution in [1.29, 1.82) is 0 Å². The van der Waals surface area contributed by atoms with Crippen molar-refractivity contribution in [3.05, 3.63) is 53.2 Å². The topological polar surface area (TPSA) is 51.1 Å². The van der Waals surface area contributed by atoms with Crippen LogP contribution < -0.4 is 14.2 Å². The summed E-state index contributed by atoms with van der Waals surface area (Å²) in [5.74, 6) is 1.93. The molecule has 7 heteroatoms. The Bertz CT molecular complexity index is 1320. The molecule has 0 saturated heterocycles. The summed E-state index contributed by atoms with van der Waals surface area (Å²) in [7, 11) is 3.00. The summed E-state index contributed by atoms with van der Waals surface area (Å²) >= 11 is 0. The molecule has 1 aliphatic heterocycles. The van der Waals surface area contributed by atoms with Crippen LogP contribution in [0.25, 0.3) is 10.9 Å². The van der Waals surface area contributed by atoms with Crippen LogP contribution in [0.1, 0.15) is 97.7 Å². The van der Waals surface area contributed by atoms with E-state index in [9.17, 15) is 0 Å². The van der Waals surface area contributed by atoms with Gasteiger partial charge in [-0.15, -0.1) is 0 Å². The van der Waals surface area contributed by atoms with Crippen molar-refractivity contribution >= 4 is 19.2 Å². The van der Waals surface area contributed by atoms with Crippen molar-refractivity contribution < 1.29 is 23.4 Å². The maximum Gasteiger partial charge on any atom is 0.203 e. The zero-order valence-corrected chi connectivity index (χ0v) is 29.0. The number of benzene rings is 2. The van der Waals surface area contributed by atoms with Crippen molar-refractivity contribution in [3.8, 4) is 17.2 Å². The fraction of sp³-hybridized carbons (Fsp3) is 0.600. The molecule has 0 spiro atoms. The van der Waals surface area contributed by atoms with Gasteiger partial charge in [-0.3, -0.25) is 0 Å². The molecule has 0 saturated carbocycles. The summed E-state index contributed by atoms with van der Waals surface area (Å²) in [6.07, 6.45) is 1.63. The van der Waals surface area contributed by atoms with E-state index in [2.05, 4.69) is 103 Å². The number of hydrogen-bond donors (Lipinski definition) is 0. The first-order chi connectivity index (χ1) is 19.8. The first kappa shape index (κ1) is 32.4. The molecule has 1 aromatic heterocycles. The van der Waals surface area contributed by atoms with Gasteiger partial charge in [-0.25, -0.2) is 0 Å². The SMILES string of the molecule is COc1cc(C2CC(OC(C)(C)C)c3c(CCO[Si](C(C)C)(C(C)C)C(C)C)c4ccccc4n32)cc(OC)c1OC. The molecule has 232 valence electrons. The second-order valence-electron chi connectivity index (χ2n) is 13.6. The average molecular weight is 596 g/mol. The van der Waals surface area contributed by atoms with Gasteiger partial charge in [0.2, 0.25) is 5.75 Å². The van der Waals surface area contributed by atoms with E-state index in [0.29, 0.717) is 33.9 Å². The van der Waals surface area contributed by atoms with Crippen LogP contribution in [-0.2, 0) is 15.6 Å². The Balaban J connectivity index is 1.85. The standard InChI is InChI=1S/C35H53NO5Si/c1-22(2)42(23(3)4,24(5)6)40-18-17-27-26-15-13-14-16-28(26)36-29(21-30(33(27)36)41-35(7,8)9)25-19-31(37-10)34(39-12)32(20-25)38-11/h13-16,19-20,22-24,29-30H,17-18,21H2,1-12H3. The fourth-order valence-corrected chi connectivity index (χ4v) is 13.1. The van der Waals surface area contributed by atoms with Crippen LogP contribution in [0.2, 0.25) is 16.6 Å². The van der Waals surface area contributed by atoms with Gasteiger partial charge >= 0.3 is 0 Å². The molecule has 0 bridgehead atoms. The molecule has 1 aliphatic rings. The lowest BCUT2D eigenvalue weighted by Crippen LogP contribution is -2.48. The minimum absolute atomic E-state index is 0.0519. The van der Waals surface area contributed by atoms with Gasteiger partial charge < -0.3 is 27.9 Å². The van der Waals surface area contributed by atoms with Gasteiger partial charge in [0.1, 0.15) is 6.10 Å². The van der Waals surface area contributed by atoms with E-state index in [4.69, 9.17) is 23.4 Å². The van der Waals surface area contributed by atoms with Crippen molar-refractivity contribution in [2.45, 2.75) is 110 Å². The Morgan fingerprint density at radius 3 is 1.93 bits per heavy atom. The zero-order chi connectivity index (χ0) is 31.0. The van der Waals surface area contributed by atoms with Crippen LogP contribution in [0.5, 0.6) is 17.2 Å². The largest absolute Gasteiger partial charge is 0.493 e. The number of para-hydroxylation sites is 1. The maximum atomic E-state index is 7.07. The van der Waals surface area contributed by atoms with Gasteiger partial charge in [-0.2, -0.15) is 0 Å². The van der Waals surface area contributed by atoms with E-state index in [1.807, 2.05) is 0 Å². The number of aromatic nitrogens is 1. The Kier molecular flexibility index (Phi) is 9.75. The lowest BCUT2D eigenvalue weighted by atomic mass is 9.98. The summed E-state index contributed by atoms with van der Waals surface area (Å²) in [5.41, 5.74) is 6.30. The third-order valence-electron chi connectivity index (χ3n) is 9.09. The molecule has 2 aromatic carbocycles. The molecular weight excluding hydrogens is 542 g/mol. The highest BCUT2D eigenvalue weighted by Crippen LogP contribution is 2.51. The number of nitrogens with zero attached hydrogens (tertiary/aromatic N) is 1. The Hall–Kier alpha value is -2.48. The first-order valence-electron chi connectivity index (χ1n) is 15.5. The zero-order valence-electron chi connectivity index (χ0n) is 28.0. The number of methoxy groups -OCH3 is 3. The smallest absolute Gasteiger partial charge is 0.203 e. The maximum absolute atomic E-state index is 7.07. The Morgan fingerprint density at radius 1 is 0.857 bits per heavy atom. The van der Waals surface area contributed by atoms with Crippen molar-refractivity contribution in [3.63, 3.8) is 0 Å². The average Bonchev–Trinajstić information content (AvgIpc) is 3.44. The van der Waals surface area contributed by atoms with Gasteiger partial charge in [0.05, 0.1) is 38.7 Å². The summed E-state index contributed by atoms with van der Waals surface area (Å²) in [5, 5.41) is 1.28. The second-order valence-corrected chi connectivity index (χ2v) is 19.1. The second kappa shape index (κ2) is 12.6. The lowest BCUT2D eigenvalue weighted by molar-refractivity contribution is -0.0619. The predicted molar refractivity (Wildman–Crippen MR) is 175 cm³/mol. The third kappa shape index (κ3) is 5.84. The molecule has 0 amide bonds.